The Balaban J connectivity index is 1.56. The maximum absolute atomic E-state index is 12.9. The summed E-state index contributed by atoms with van der Waals surface area (Å²) in [5, 5.41) is 12.5. The van der Waals surface area contributed by atoms with E-state index in [-0.39, 0.29) is 31.6 Å². The van der Waals surface area contributed by atoms with Crippen molar-refractivity contribution in [3.8, 4) is 5.75 Å². The molecule has 0 unspecified atom stereocenters. The van der Waals surface area contributed by atoms with Gasteiger partial charge in [-0.3, -0.25) is 19.6 Å². The first-order valence-corrected chi connectivity index (χ1v) is 12.3. The average Bonchev–Trinajstić information content (AvgIpc) is 2.84. The Morgan fingerprint density at radius 2 is 1.92 bits per heavy atom. The number of nitrogens with one attached hydrogen (secondary N) is 1. The molecule has 1 aliphatic rings. The van der Waals surface area contributed by atoms with Crippen molar-refractivity contribution in [2.45, 2.75) is 65.0 Å². The van der Waals surface area contributed by atoms with Crippen molar-refractivity contribution in [3.05, 3.63) is 59.4 Å². The lowest BCUT2D eigenvalue weighted by Crippen LogP contribution is -2.48. The summed E-state index contributed by atoms with van der Waals surface area (Å²) in [6, 6.07) is 11.5. The van der Waals surface area contributed by atoms with Crippen LogP contribution in [-0.2, 0) is 29.2 Å². The molecule has 196 valence electrons. The molecule has 36 heavy (non-hydrogen) atoms. The number of carbonyl (C=O) groups is 2. The van der Waals surface area contributed by atoms with E-state index in [1.807, 2.05) is 18.2 Å². The number of para-hydroxylation sites is 1. The molecular formula is C27H38N4O5. The van der Waals surface area contributed by atoms with E-state index < -0.39 is 11.7 Å². The molecule has 2 N–H and O–H groups in total. The van der Waals surface area contributed by atoms with E-state index in [9.17, 15) is 14.7 Å². The van der Waals surface area contributed by atoms with Crippen LogP contribution in [-0.4, -0.2) is 70.3 Å². The Hall–Kier alpha value is -3.17. The summed E-state index contributed by atoms with van der Waals surface area (Å²) in [6.45, 7) is 7.71. The molecule has 0 bridgehead atoms. The van der Waals surface area contributed by atoms with Gasteiger partial charge >= 0.3 is 6.09 Å². The van der Waals surface area contributed by atoms with E-state index >= 15 is 0 Å². The van der Waals surface area contributed by atoms with E-state index in [4.69, 9.17) is 9.47 Å². The lowest BCUT2D eigenvalue weighted by molar-refractivity contribution is -0.123. The SMILES string of the molecule is COc1ccccc1CN1CCC(NC(=O)CN(Cc2cc(CO)ccn2)C(=O)OC(C)(C)C)CC1. The van der Waals surface area contributed by atoms with Gasteiger partial charge in [-0.2, -0.15) is 0 Å². The molecule has 9 heteroatoms. The van der Waals surface area contributed by atoms with Crippen molar-refractivity contribution >= 4 is 12.0 Å². The fraction of sp³-hybridized carbons (Fsp3) is 0.519. The molecule has 9 nitrogen and oxygen atoms in total. The fourth-order valence-electron chi connectivity index (χ4n) is 4.18. The van der Waals surface area contributed by atoms with Crippen LogP contribution in [0.1, 0.15) is 50.4 Å². The van der Waals surface area contributed by atoms with Gasteiger partial charge in [0.05, 0.1) is 26.0 Å². The minimum Gasteiger partial charge on any atom is -0.496 e. The summed E-state index contributed by atoms with van der Waals surface area (Å²) in [6.07, 6.45) is 2.65. The molecule has 2 amide bonds. The van der Waals surface area contributed by atoms with Crippen LogP contribution in [0.4, 0.5) is 4.79 Å². The summed E-state index contributed by atoms with van der Waals surface area (Å²) < 4.78 is 11.0. The van der Waals surface area contributed by atoms with Gasteiger partial charge in [0.1, 0.15) is 17.9 Å². The molecule has 3 rings (SSSR count). The summed E-state index contributed by atoms with van der Waals surface area (Å²) in [7, 11) is 1.68. The molecule has 1 aromatic heterocycles. The summed E-state index contributed by atoms with van der Waals surface area (Å²) in [5.41, 5.74) is 1.72. The van der Waals surface area contributed by atoms with Gasteiger partial charge in [0.15, 0.2) is 0 Å². The number of piperidine rings is 1. The molecule has 0 saturated carbocycles. The molecule has 0 spiro atoms. The Morgan fingerprint density at radius 3 is 2.58 bits per heavy atom. The van der Waals surface area contributed by atoms with Crippen molar-refractivity contribution in [1.29, 1.82) is 0 Å². The number of nitrogens with zero attached hydrogens (tertiary/aromatic N) is 3. The van der Waals surface area contributed by atoms with Gasteiger partial charge in [0.2, 0.25) is 5.91 Å². The Morgan fingerprint density at radius 1 is 1.19 bits per heavy atom. The van der Waals surface area contributed by atoms with Crippen LogP contribution in [0.3, 0.4) is 0 Å². The van der Waals surface area contributed by atoms with Gasteiger partial charge in [0.25, 0.3) is 0 Å². The van der Waals surface area contributed by atoms with Crippen LogP contribution in [0.25, 0.3) is 0 Å². The smallest absolute Gasteiger partial charge is 0.411 e. The topological polar surface area (TPSA) is 104 Å². The number of hydrogen-bond acceptors (Lipinski definition) is 7. The number of rotatable bonds is 9. The minimum atomic E-state index is -0.694. The second kappa shape index (κ2) is 12.7. The average molecular weight is 499 g/mol. The molecule has 1 aromatic carbocycles. The number of carbonyl (C=O) groups excluding carboxylic acids is 2. The van der Waals surface area contributed by atoms with E-state index in [1.54, 1.807) is 46.2 Å². The third-order valence-corrected chi connectivity index (χ3v) is 5.94. The van der Waals surface area contributed by atoms with Crippen molar-refractivity contribution in [1.82, 2.24) is 20.1 Å². The van der Waals surface area contributed by atoms with E-state index in [0.29, 0.717) is 11.3 Å². The number of aliphatic hydroxyl groups is 1. The van der Waals surface area contributed by atoms with E-state index in [1.165, 1.54) is 4.90 Å². The van der Waals surface area contributed by atoms with Crippen molar-refractivity contribution in [2.24, 2.45) is 0 Å². The van der Waals surface area contributed by atoms with Crippen LogP contribution in [0.5, 0.6) is 5.75 Å². The van der Waals surface area contributed by atoms with Gasteiger partial charge in [0, 0.05) is 37.4 Å². The summed E-state index contributed by atoms with van der Waals surface area (Å²) >= 11 is 0. The number of aromatic nitrogens is 1. The van der Waals surface area contributed by atoms with E-state index in [2.05, 4.69) is 21.3 Å². The lowest BCUT2D eigenvalue weighted by atomic mass is 10.0. The number of aliphatic hydroxyl groups excluding tert-OH is 1. The molecule has 1 fully saturated rings. The number of amides is 2. The predicted octanol–water partition coefficient (Wildman–Crippen LogP) is 3.10. The molecular weight excluding hydrogens is 460 g/mol. The normalized spacial score (nSPS) is 14.8. The molecule has 2 heterocycles. The quantitative estimate of drug-likeness (QED) is 0.547. The maximum Gasteiger partial charge on any atom is 0.411 e. The van der Waals surface area contributed by atoms with E-state index in [0.717, 1.165) is 43.8 Å². The third-order valence-electron chi connectivity index (χ3n) is 5.94. The lowest BCUT2D eigenvalue weighted by Gasteiger charge is -2.33. The Kier molecular flexibility index (Phi) is 9.66. The highest BCUT2D eigenvalue weighted by atomic mass is 16.6. The molecule has 2 aromatic rings. The Labute approximate surface area is 213 Å². The largest absolute Gasteiger partial charge is 0.496 e. The number of hydrogen-bond donors (Lipinski definition) is 2. The standard InChI is InChI=1S/C27H38N4O5/c1-27(2,3)36-26(34)31(17-23-15-20(19-32)9-12-28-23)18-25(33)29-22-10-13-30(14-11-22)16-21-7-5-6-8-24(21)35-4/h5-9,12,15,22,32H,10-11,13-14,16-19H2,1-4H3,(H,29,33). The first-order valence-electron chi connectivity index (χ1n) is 12.3. The number of likely N-dealkylation sites (tertiary alicyclic amines) is 1. The Bertz CT molecular complexity index is 1020. The highest BCUT2D eigenvalue weighted by Gasteiger charge is 2.27. The summed E-state index contributed by atoms with van der Waals surface area (Å²) in [5.74, 6) is 0.650. The van der Waals surface area contributed by atoms with Gasteiger partial charge < -0.3 is 19.9 Å². The van der Waals surface area contributed by atoms with Crippen LogP contribution in [0.2, 0.25) is 0 Å². The maximum atomic E-state index is 12.9. The third kappa shape index (κ3) is 8.49. The minimum absolute atomic E-state index is 0.0442. The number of ether oxygens (including phenoxy) is 2. The van der Waals surface area contributed by atoms with Crippen molar-refractivity contribution in [2.75, 3.05) is 26.7 Å². The molecule has 0 radical (unpaired) electrons. The first kappa shape index (κ1) is 27.4. The van der Waals surface area contributed by atoms with Crippen LogP contribution < -0.4 is 10.1 Å². The van der Waals surface area contributed by atoms with Gasteiger partial charge in [-0.15, -0.1) is 0 Å². The number of pyridine rings is 1. The monoisotopic (exact) mass is 498 g/mol. The van der Waals surface area contributed by atoms with Crippen molar-refractivity contribution < 1.29 is 24.2 Å². The molecule has 1 aliphatic heterocycles. The van der Waals surface area contributed by atoms with Crippen LogP contribution in [0.15, 0.2) is 42.6 Å². The molecule has 0 atom stereocenters. The van der Waals surface area contributed by atoms with Gasteiger partial charge in [-0.1, -0.05) is 18.2 Å². The number of methoxy groups -OCH3 is 1. The predicted molar refractivity (Wildman–Crippen MR) is 136 cm³/mol. The second-order valence-corrected chi connectivity index (χ2v) is 10.1. The molecule has 0 aliphatic carbocycles. The van der Waals surface area contributed by atoms with Crippen molar-refractivity contribution in [3.63, 3.8) is 0 Å². The molecule has 1 saturated heterocycles. The van der Waals surface area contributed by atoms with Gasteiger partial charge in [-0.05, 0) is 57.4 Å². The zero-order chi connectivity index (χ0) is 26.1. The van der Waals surface area contributed by atoms with Crippen LogP contribution in [0, 0.1) is 0 Å². The highest BCUT2D eigenvalue weighted by molar-refractivity contribution is 5.82. The first-order chi connectivity index (χ1) is 17.2. The second-order valence-electron chi connectivity index (χ2n) is 10.1. The van der Waals surface area contributed by atoms with Crippen LogP contribution >= 0.6 is 0 Å². The number of benzene rings is 1. The fourth-order valence-corrected chi connectivity index (χ4v) is 4.18. The van der Waals surface area contributed by atoms with Gasteiger partial charge in [-0.25, -0.2) is 4.79 Å². The zero-order valence-corrected chi connectivity index (χ0v) is 21.7. The highest BCUT2D eigenvalue weighted by Crippen LogP contribution is 2.21. The summed E-state index contributed by atoms with van der Waals surface area (Å²) in [4.78, 5) is 33.7. The zero-order valence-electron chi connectivity index (χ0n) is 21.7.